The first-order valence-corrected chi connectivity index (χ1v) is 7.71. The maximum Gasteiger partial charge on any atom is 0.255 e. The van der Waals surface area contributed by atoms with E-state index in [1.54, 1.807) is 24.0 Å². The van der Waals surface area contributed by atoms with E-state index in [2.05, 4.69) is 4.98 Å². The topological polar surface area (TPSA) is 53.4 Å². The molecule has 0 radical (unpaired) electrons. The number of benzene rings is 1. The lowest BCUT2D eigenvalue weighted by molar-refractivity contribution is 0.0786. The molecule has 1 fully saturated rings. The van der Waals surface area contributed by atoms with Gasteiger partial charge >= 0.3 is 0 Å². The van der Waals surface area contributed by atoms with Gasteiger partial charge in [0.1, 0.15) is 11.6 Å². The Morgan fingerprint density at radius 1 is 1.39 bits per heavy atom. The van der Waals surface area contributed by atoms with Gasteiger partial charge in [0.05, 0.1) is 11.8 Å². The lowest BCUT2D eigenvalue weighted by Gasteiger charge is -2.16. The first-order valence-electron chi connectivity index (χ1n) is 7.71. The van der Waals surface area contributed by atoms with Crippen LogP contribution in [0.1, 0.15) is 27.9 Å². The molecule has 1 aliphatic rings. The Kier molecular flexibility index (Phi) is 4.28. The Bertz CT molecular complexity index is 733. The molecule has 0 bridgehead atoms. The van der Waals surface area contributed by atoms with Gasteiger partial charge in [0.25, 0.3) is 5.91 Å². The minimum Gasteiger partial charge on any atom is -0.506 e. The normalized spacial score (nSPS) is 17.5. The highest BCUT2D eigenvalue weighted by atomic mass is 19.1. The standard InChI is InChI=1S/C18H19FN2O2/c1-12-2-3-13(7-17(12)19)6-14-4-5-21(11-14)18(23)15-8-16(22)10-20-9-15/h2-3,7-10,14,22H,4-6,11H2,1H3. The number of carbonyl (C=O) groups is 1. The van der Waals surface area contributed by atoms with Gasteiger partial charge in [-0.15, -0.1) is 0 Å². The lowest BCUT2D eigenvalue weighted by Crippen LogP contribution is -2.29. The average molecular weight is 314 g/mol. The number of nitrogens with zero attached hydrogens (tertiary/aromatic N) is 2. The van der Waals surface area contributed by atoms with Gasteiger partial charge in [0.2, 0.25) is 0 Å². The molecule has 120 valence electrons. The van der Waals surface area contributed by atoms with E-state index >= 15 is 0 Å². The fourth-order valence-corrected chi connectivity index (χ4v) is 3.01. The monoisotopic (exact) mass is 314 g/mol. The third kappa shape index (κ3) is 3.50. The number of hydrogen-bond donors (Lipinski definition) is 1. The zero-order valence-corrected chi connectivity index (χ0v) is 13.0. The summed E-state index contributed by atoms with van der Waals surface area (Å²) >= 11 is 0. The fraction of sp³-hybridized carbons (Fsp3) is 0.333. The Labute approximate surface area is 134 Å². The van der Waals surface area contributed by atoms with Crippen molar-refractivity contribution in [2.75, 3.05) is 13.1 Å². The van der Waals surface area contributed by atoms with Gasteiger partial charge in [0, 0.05) is 19.3 Å². The summed E-state index contributed by atoms with van der Waals surface area (Å²) in [7, 11) is 0. The first-order chi connectivity index (χ1) is 11.0. The van der Waals surface area contributed by atoms with Crippen LogP contribution in [-0.4, -0.2) is 34.0 Å². The summed E-state index contributed by atoms with van der Waals surface area (Å²) in [5, 5.41) is 9.43. The predicted octanol–water partition coefficient (Wildman–Crippen LogP) is 2.94. The Hall–Kier alpha value is -2.43. The van der Waals surface area contributed by atoms with Crippen LogP contribution in [0, 0.1) is 18.7 Å². The third-order valence-electron chi connectivity index (χ3n) is 4.30. The minimum atomic E-state index is -0.181. The maximum atomic E-state index is 13.6. The van der Waals surface area contributed by atoms with Crippen molar-refractivity contribution in [3.05, 3.63) is 59.2 Å². The van der Waals surface area contributed by atoms with Gasteiger partial charge in [-0.1, -0.05) is 12.1 Å². The van der Waals surface area contributed by atoms with Crippen LogP contribution in [0.5, 0.6) is 5.75 Å². The number of hydrogen-bond acceptors (Lipinski definition) is 3. The zero-order valence-electron chi connectivity index (χ0n) is 13.0. The molecule has 0 spiro atoms. The van der Waals surface area contributed by atoms with Crippen molar-refractivity contribution in [3.8, 4) is 5.75 Å². The molecule has 1 N–H and O–H groups in total. The molecular formula is C18H19FN2O2. The van der Waals surface area contributed by atoms with Gasteiger partial charge in [-0.3, -0.25) is 9.78 Å². The molecule has 5 heteroatoms. The number of likely N-dealkylation sites (tertiary alicyclic amines) is 1. The molecule has 3 rings (SSSR count). The highest BCUT2D eigenvalue weighted by Gasteiger charge is 2.27. The summed E-state index contributed by atoms with van der Waals surface area (Å²) in [4.78, 5) is 18.0. The number of rotatable bonds is 3. The SMILES string of the molecule is Cc1ccc(CC2CCN(C(=O)c3cncc(O)c3)C2)cc1F. The van der Waals surface area contributed by atoms with Crippen molar-refractivity contribution in [1.29, 1.82) is 0 Å². The van der Waals surface area contributed by atoms with Crippen LogP contribution in [0.25, 0.3) is 0 Å². The van der Waals surface area contributed by atoms with E-state index in [0.29, 0.717) is 30.1 Å². The van der Waals surface area contributed by atoms with E-state index in [4.69, 9.17) is 0 Å². The van der Waals surface area contributed by atoms with Gasteiger partial charge in [0.15, 0.2) is 0 Å². The second-order valence-electron chi connectivity index (χ2n) is 6.13. The van der Waals surface area contributed by atoms with Crippen LogP contribution in [0.4, 0.5) is 4.39 Å². The Morgan fingerprint density at radius 3 is 2.96 bits per heavy atom. The van der Waals surface area contributed by atoms with Crippen molar-refractivity contribution in [2.45, 2.75) is 19.8 Å². The maximum absolute atomic E-state index is 13.6. The number of amides is 1. The van der Waals surface area contributed by atoms with E-state index in [0.717, 1.165) is 18.4 Å². The van der Waals surface area contributed by atoms with Crippen molar-refractivity contribution < 1.29 is 14.3 Å². The Morgan fingerprint density at radius 2 is 2.22 bits per heavy atom. The molecule has 0 aliphatic carbocycles. The molecule has 1 saturated heterocycles. The molecule has 4 nitrogen and oxygen atoms in total. The van der Waals surface area contributed by atoms with Crippen LogP contribution >= 0.6 is 0 Å². The molecule has 1 atom stereocenters. The molecule has 1 aliphatic heterocycles. The summed E-state index contributed by atoms with van der Waals surface area (Å²) < 4.78 is 13.6. The van der Waals surface area contributed by atoms with Crippen LogP contribution in [0.15, 0.2) is 36.7 Å². The number of aryl methyl sites for hydroxylation is 1. The van der Waals surface area contributed by atoms with Gasteiger partial charge in [-0.05, 0) is 48.9 Å². The van der Waals surface area contributed by atoms with Crippen LogP contribution < -0.4 is 0 Å². The average Bonchev–Trinajstić information content (AvgIpc) is 2.99. The molecule has 2 aromatic rings. The summed E-state index contributed by atoms with van der Waals surface area (Å²) in [6, 6.07) is 6.75. The highest BCUT2D eigenvalue weighted by molar-refractivity contribution is 5.94. The summed E-state index contributed by atoms with van der Waals surface area (Å²) in [5.41, 5.74) is 2.01. The van der Waals surface area contributed by atoms with Crippen LogP contribution in [0.3, 0.4) is 0 Å². The third-order valence-corrected chi connectivity index (χ3v) is 4.30. The predicted molar refractivity (Wildman–Crippen MR) is 84.8 cm³/mol. The van der Waals surface area contributed by atoms with Crippen molar-refractivity contribution in [1.82, 2.24) is 9.88 Å². The van der Waals surface area contributed by atoms with Crippen LogP contribution in [-0.2, 0) is 6.42 Å². The van der Waals surface area contributed by atoms with Gasteiger partial charge in [-0.25, -0.2) is 4.39 Å². The van der Waals surface area contributed by atoms with Crippen molar-refractivity contribution in [3.63, 3.8) is 0 Å². The molecule has 1 aromatic heterocycles. The largest absolute Gasteiger partial charge is 0.506 e. The quantitative estimate of drug-likeness (QED) is 0.947. The van der Waals surface area contributed by atoms with E-state index in [1.807, 2.05) is 6.07 Å². The smallest absolute Gasteiger partial charge is 0.255 e. The van der Waals surface area contributed by atoms with Crippen LogP contribution in [0.2, 0.25) is 0 Å². The number of halogens is 1. The molecular weight excluding hydrogens is 295 g/mol. The molecule has 0 saturated carbocycles. The number of aromatic hydroxyl groups is 1. The second-order valence-corrected chi connectivity index (χ2v) is 6.13. The minimum absolute atomic E-state index is 0.0123. The van der Waals surface area contributed by atoms with E-state index < -0.39 is 0 Å². The van der Waals surface area contributed by atoms with E-state index in [9.17, 15) is 14.3 Å². The summed E-state index contributed by atoms with van der Waals surface area (Å²) in [6.45, 7) is 3.07. The fourth-order valence-electron chi connectivity index (χ4n) is 3.01. The van der Waals surface area contributed by atoms with E-state index in [-0.39, 0.29) is 17.5 Å². The Balaban J connectivity index is 1.64. The molecule has 1 aromatic carbocycles. The highest BCUT2D eigenvalue weighted by Crippen LogP contribution is 2.24. The number of aromatic nitrogens is 1. The molecule has 23 heavy (non-hydrogen) atoms. The zero-order chi connectivity index (χ0) is 16.4. The first kappa shape index (κ1) is 15.5. The molecule has 1 unspecified atom stereocenters. The van der Waals surface area contributed by atoms with Crippen molar-refractivity contribution in [2.24, 2.45) is 5.92 Å². The lowest BCUT2D eigenvalue weighted by atomic mass is 9.98. The number of carbonyl (C=O) groups excluding carboxylic acids is 1. The molecule has 1 amide bonds. The van der Waals surface area contributed by atoms with Gasteiger partial charge < -0.3 is 10.0 Å². The molecule has 2 heterocycles. The summed E-state index contributed by atoms with van der Waals surface area (Å²) in [5.74, 6) is 0.0123. The summed E-state index contributed by atoms with van der Waals surface area (Å²) in [6.07, 6.45) is 4.42. The second kappa shape index (κ2) is 6.36. The van der Waals surface area contributed by atoms with Gasteiger partial charge in [-0.2, -0.15) is 0 Å². The number of pyridine rings is 1. The van der Waals surface area contributed by atoms with Crippen molar-refractivity contribution >= 4 is 5.91 Å². The van der Waals surface area contributed by atoms with E-state index in [1.165, 1.54) is 18.5 Å².